The van der Waals surface area contributed by atoms with Crippen LogP contribution >= 0.6 is 12.2 Å². The highest BCUT2D eigenvalue weighted by molar-refractivity contribution is 7.80. The van der Waals surface area contributed by atoms with Gasteiger partial charge < -0.3 is 15.2 Å². The normalized spacial score (nSPS) is 20.8. The number of nitrogens with zero attached hydrogens (tertiary/aromatic N) is 2. The van der Waals surface area contributed by atoms with Crippen molar-refractivity contribution in [1.82, 2.24) is 9.80 Å². The monoisotopic (exact) mass is 303 g/mol. The molecule has 1 rings (SSSR count). The third kappa shape index (κ3) is 6.95. The van der Waals surface area contributed by atoms with Crippen molar-refractivity contribution in [2.24, 2.45) is 5.73 Å². The lowest BCUT2D eigenvalue weighted by molar-refractivity contribution is -0.0534. The van der Waals surface area contributed by atoms with Crippen LogP contribution in [0.25, 0.3) is 0 Å². The van der Waals surface area contributed by atoms with E-state index in [4.69, 9.17) is 27.4 Å². The molecule has 0 aromatic carbocycles. The lowest BCUT2D eigenvalue weighted by Gasteiger charge is -2.37. The number of thiocarbonyl (C=S) groups is 1. The van der Waals surface area contributed by atoms with Gasteiger partial charge in [-0.25, -0.2) is 0 Å². The standard InChI is InChI=1S/C14H29N3O2S/c1-12(2)17-7-9-19-13(11-17)10-16(6-8-18-3)5-4-14(15)20/h12-13H,4-11H2,1-3H3,(H2,15,20). The number of ether oxygens (including phenoxy) is 2. The molecular formula is C14H29N3O2S. The van der Waals surface area contributed by atoms with Crippen molar-refractivity contribution >= 4 is 17.2 Å². The zero-order valence-electron chi connectivity index (χ0n) is 13.0. The highest BCUT2D eigenvalue weighted by Gasteiger charge is 2.24. The smallest absolute Gasteiger partial charge is 0.0829 e. The minimum absolute atomic E-state index is 0.259. The molecule has 1 saturated heterocycles. The summed E-state index contributed by atoms with van der Waals surface area (Å²) in [5.74, 6) is 0. The molecule has 1 heterocycles. The molecule has 5 nitrogen and oxygen atoms in total. The maximum atomic E-state index is 5.89. The van der Waals surface area contributed by atoms with E-state index in [1.54, 1.807) is 7.11 Å². The van der Waals surface area contributed by atoms with E-state index >= 15 is 0 Å². The van der Waals surface area contributed by atoms with E-state index < -0.39 is 0 Å². The number of nitrogens with two attached hydrogens (primary N) is 1. The van der Waals surface area contributed by atoms with Gasteiger partial charge in [0.1, 0.15) is 0 Å². The largest absolute Gasteiger partial charge is 0.393 e. The summed E-state index contributed by atoms with van der Waals surface area (Å²) < 4.78 is 11.1. The van der Waals surface area contributed by atoms with Crippen LogP contribution in [-0.4, -0.2) is 80.0 Å². The quantitative estimate of drug-likeness (QED) is 0.634. The summed E-state index contributed by atoms with van der Waals surface area (Å²) in [6.45, 7) is 10.7. The zero-order chi connectivity index (χ0) is 15.0. The third-order valence-corrected chi connectivity index (χ3v) is 3.85. The van der Waals surface area contributed by atoms with Gasteiger partial charge in [-0.15, -0.1) is 0 Å². The van der Waals surface area contributed by atoms with Gasteiger partial charge in [0.15, 0.2) is 0 Å². The molecule has 0 amide bonds. The summed E-state index contributed by atoms with van der Waals surface area (Å²) in [6.07, 6.45) is 1.01. The van der Waals surface area contributed by atoms with E-state index in [1.165, 1.54) is 0 Å². The summed E-state index contributed by atoms with van der Waals surface area (Å²) >= 11 is 4.96. The van der Waals surface area contributed by atoms with Gasteiger partial charge in [-0.05, 0) is 13.8 Å². The first-order chi connectivity index (χ1) is 9.52. The first kappa shape index (κ1) is 17.8. The fourth-order valence-electron chi connectivity index (χ4n) is 2.39. The summed E-state index contributed by atoms with van der Waals surface area (Å²) in [6, 6.07) is 0.574. The first-order valence-corrected chi connectivity index (χ1v) is 7.79. The molecule has 0 radical (unpaired) electrons. The molecule has 6 heteroatoms. The number of rotatable bonds is 9. The Hall–Kier alpha value is -0.270. The van der Waals surface area contributed by atoms with E-state index in [0.717, 1.165) is 52.4 Å². The first-order valence-electron chi connectivity index (χ1n) is 7.38. The van der Waals surface area contributed by atoms with Gasteiger partial charge in [0.25, 0.3) is 0 Å². The molecule has 1 fully saturated rings. The molecule has 118 valence electrons. The Bertz CT molecular complexity index is 290. The average molecular weight is 303 g/mol. The molecule has 20 heavy (non-hydrogen) atoms. The third-order valence-electron chi connectivity index (χ3n) is 3.65. The van der Waals surface area contributed by atoms with Crippen molar-refractivity contribution in [3.63, 3.8) is 0 Å². The molecule has 0 saturated carbocycles. The Balaban J connectivity index is 2.43. The fraction of sp³-hybridized carbons (Fsp3) is 0.929. The lowest BCUT2D eigenvalue weighted by Crippen LogP contribution is -2.50. The molecule has 0 aromatic heterocycles. The van der Waals surface area contributed by atoms with Gasteiger partial charge in [-0.1, -0.05) is 12.2 Å². The molecule has 2 N–H and O–H groups in total. The number of hydrogen-bond donors (Lipinski definition) is 1. The van der Waals surface area contributed by atoms with E-state index in [0.29, 0.717) is 11.0 Å². The Morgan fingerprint density at radius 2 is 2.25 bits per heavy atom. The van der Waals surface area contributed by atoms with Crippen LogP contribution in [0, 0.1) is 0 Å². The molecule has 0 spiro atoms. The van der Waals surface area contributed by atoms with Gasteiger partial charge in [0, 0.05) is 52.3 Å². The molecule has 0 bridgehead atoms. The van der Waals surface area contributed by atoms with Gasteiger partial charge in [0.2, 0.25) is 0 Å². The van der Waals surface area contributed by atoms with Crippen LogP contribution in [0.15, 0.2) is 0 Å². The van der Waals surface area contributed by atoms with Crippen LogP contribution in [0.1, 0.15) is 20.3 Å². The highest BCUT2D eigenvalue weighted by atomic mass is 32.1. The fourth-order valence-corrected chi connectivity index (χ4v) is 2.48. The molecular weight excluding hydrogens is 274 g/mol. The minimum atomic E-state index is 0.259. The number of methoxy groups -OCH3 is 1. The van der Waals surface area contributed by atoms with Gasteiger partial charge in [-0.2, -0.15) is 0 Å². The maximum absolute atomic E-state index is 5.89. The molecule has 0 aliphatic carbocycles. The molecule has 1 atom stereocenters. The van der Waals surface area contributed by atoms with Crippen molar-refractivity contribution in [2.75, 3.05) is 53.0 Å². The van der Waals surface area contributed by atoms with Crippen molar-refractivity contribution < 1.29 is 9.47 Å². The Morgan fingerprint density at radius 3 is 2.85 bits per heavy atom. The topological polar surface area (TPSA) is 51.0 Å². The molecule has 1 aliphatic rings. The second kappa shape index (κ2) is 9.63. The predicted octanol–water partition coefficient (Wildman–Crippen LogP) is 0.720. The summed E-state index contributed by atoms with van der Waals surface area (Å²) in [4.78, 5) is 5.37. The van der Waals surface area contributed by atoms with Gasteiger partial charge >= 0.3 is 0 Å². The Morgan fingerprint density at radius 1 is 1.50 bits per heavy atom. The van der Waals surface area contributed by atoms with Crippen LogP contribution in [0.5, 0.6) is 0 Å². The molecule has 1 aliphatic heterocycles. The second-order valence-electron chi connectivity index (χ2n) is 5.59. The van der Waals surface area contributed by atoms with E-state index in [2.05, 4.69) is 23.6 Å². The predicted molar refractivity (Wildman–Crippen MR) is 86.2 cm³/mol. The average Bonchev–Trinajstić information content (AvgIpc) is 2.42. The molecule has 0 aromatic rings. The highest BCUT2D eigenvalue weighted by Crippen LogP contribution is 2.10. The van der Waals surface area contributed by atoms with Gasteiger partial charge in [-0.3, -0.25) is 9.80 Å². The summed E-state index contributed by atoms with van der Waals surface area (Å²) in [5, 5.41) is 0. The molecule has 1 unspecified atom stereocenters. The lowest BCUT2D eigenvalue weighted by atomic mass is 10.2. The van der Waals surface area contributed by atoms with Crippen molar-refractivity contribution in [1.29, 1.82) is 0 Å². The van der Waals surface area contributed by atoms with Crippen LogP contribution in [-0.2, 0) is 9.47 Å². The summed E-state index contributed by atoms with van der Waals surface area (Å²) in [7, 11) is 1.73. The number of morpholine rings is 1. The van der Waals surface area contributed by atoms with Crippen LogP contribution in [0.3, 0.4) is 0 Å². The van der Waals surface area contributed by atoms with Crippen LogP contribution in [0.2, 0.25) is 0 Å². The minimum Gasteiger partial charge on any atom is -0.393 e. The SMILES string of the molecule is COCCN(CCC(N)=S)CC1CN(C(C)C)CCO1. The van der Waals surface area contributed by atoms with Crippen molar-refractivity contribution in [3.8, 4) is 0 Å². The van der Waals surface area contributed by atoms with Crippen LogP contribution < -0.4 is 5.73 Å². The van der Waals surface area contributed by atoms with Crippen molar-refractivity contribution in [3.05, 3.63) is 0 Å². The Labute approximate surface area is 128 Å². The van der Waals surface area contributed by atoms with Crippen LogP contribution in [0.4, 0.5) is 0 Å². The number of hydrogen-bond acceptors (Lipinski definition) is 5. The summed E-state index contributed by atoms with van der Waals surface area (Å²) in [5.41, 5.74) is 5.60. The maximum Gasteiger partial charge on any atom is 0.0829 e. The van der Waals surface area contributed by atoms with E-state index in [-0.39, 0.29) is 6.10 Å². The van der Waals surface area contributed by atoms with E-state index in [9.17, 15) is 0 Å². The van der Waals surface area contributed by atoms with Gasteiger partial charge in [0.05, 0.1) is 24.3 Å². The Kier molecular flexibility index (Phi) is 8.56. The van der Waals surface area contributed by atoms with E-state index in [1.807, 2.05) is 0 Å². The zero-order valence-corrected chi connectivity index (χ0v) is 13.8. The second-order valence-corrected chi connectivity index (χ2v) is 6.12. The van der Waals surface area contributed by atoms with Crippen molar-refractivity contribution in [2.45, 2.75) is 32.4 Å².